The number of thiophene rings is 1. The fourth-order valence-corrected chi connectivity index (χ4v) is 3.81. The molecule has 0 aromatic carbocycles. The minimum atomic E-state index is 0.128. The Kier molecular flexibility index (Phi) is 5.40. The average molecular weight is 321 g/mol. The third-order valence-corrected chi connectivity index (χ3v) is 5.47. The zero-order valence-electron chi connectivity index (χ0n) is 14.6. The molecule has 0 aliphatic heterocycles. The highest BCUT2D eigenvalue weighted by atomic mass is 32.1. The van der Waals surface area contributed by atoms with E-state index < -0.39 is 0 Å². The first-order chi connectivity index (χ1) is 10.4. The molecule has 122 valence electrons. The highest BCUT2D eigenvalue weighted by molar-refractivity contribution is 7.18. The Balaban J connectivity index is 2.54. The first kappa shape index (κ1) is 17.2. The van der Waals surface area contributed by atoms with Crippen molar-refractivity contribution in [2.24, 2.45) is 0 Å². The van der Waals surface area contributed by atoms with E-state index in [2.05, 4.69) is 39.5 Å². The molecule has 0 aliphatic rings. The molecule has 0 spiro atoms. The predicted octanol–water partition coefficient (Wildman–Crippen LogP) is 3.54. The average Bonchev–Trinajstić information content (AvgIpc) is 2.76. The first-order valence-electron chi connectivity index (χ1n) is 8.13. The maximum Gasteiger partial charge on any atom is 0.262 e. The first-order valence-corrected chi connectivity index (χ1v) is 8.95. The van der Waals surface area contributed by atoms with Gasteiger partial charge in [-0.25, -0.2) is 4.98 Å². The van der Waals surface area contributed by atoms with Gasteiger partial charge in [0.25, 0.3) is 5.56 Å². The van der Waals surface area contributed by atoms with Crippen LogP contribution in [0.2, 0.25) is 0 Å². The molecule has 0 N–H and O–H groups in total. The van der Waals surface area contributed by atoms with E-state index in [0.717, 1.165) is 41.2 Å². The van der Waals surface area contributed by atoms with Gasteiger partial charge in [-0.15, -0.1) is 11.3 Å². The molecule has 0 saturated carbocycles. The quantitative estimate of drug-likeness (QED) is 0.817. The minimum absolute atomic E-state index is 0.128. The van der Waals surface area contributed by atoms with E-state index >= 15 is 0 Å². The fourth-order valence-electron chi connectivity index (χ4n) is 2.78. The van der Waals surface area contributed by atoms with Gasteiger partial charge in [0.15, 0.2) is 0 Å². The molecule has 0 amide bonds. The standard InChI is InChI=1S/C17H27N3OS/c1-7-19(8-2)9-10-20-15(11(3)4)18-16-14(17(20)21)12(5)13(6)22-16/h11H,7-10H2,1-6H3. The lowest BCUT2D eigenvalue weighted by Gasteiger charge is -2.21. The molecule has 0 unspecified atom stereocenters. The predicted molar refractivity (Wildman–Crippen MR) is 95.2 cm³/mol. The van der Waals surface area contributed by atoms with Crippen LogP contribution in [0.15, 0.2) is 4.79 Å². The highest BCUT2D eigenvalue weighted by Crippen LogP contribution is 2.27. The SMILES string of the molecule is CCN(CC)CCn1c(C(C)C)nc2sc(C)c(C)c2c1=O. The molecule has 0 atom stereocenters. The van der Waals surface area contributed by atoms with E-state index in [4.69, 9.17) is 4.98 Å². The van der Waals surface area contributed by atoms with Gasteiger partial charge in [0.1, 0.15) is 10.7 Å². The lowest BCUT2D eigenvalue weighted by Crippen LogP contribution is -2.33. The zero-order valence-corrected chi connectivity index (χ0v) is 15.4. The lowest BCUT2D eigenvalue weighted by molar-refractivity contribution is 0.286. The van der Waals surface area contributed by atoms with Gasteiger partial charge in [0.05, 0.1) is 5.39 Å². The Bertz CT molecular complexity index is 711. The normalized spacial score (nSPS) is 12.0. The van der Waals surface area contributed by atoms with Crippen LogP contribution >= 0.6 is 11.3 Å². The van der Waals surface area contributed by atoms with Gasteiger partial charge in [-0.3, -0.25) is 9.36 Å². The smallest absolute Gasteiger partial charge is 0.262 e. The number of nitrogens with zero attached hydrogens (tertiary/aromatic N) is 3. The van der Waals surface area contributed by atoms with Crippen molar-refractivity contribution < 1.29 is 0 Å². The summed E-state index contributed by atoms with van der Waals surface area (Å²) in [5.41, 5.74) is 1.21. The molecular formula is C17H27N3OS. The summed E-state index contributed by atoms with van der Waals surface area (Å²) in [6, 6.07) is 0. The molecule has 2 rings (SSSR count). The van der Waals surface area contributed by atoms with Gasteiger partial charge in [0, 0.05) is 23.9 Å². The number of likely N-dealkylation sites (N-methyl/N-ethyl adjacent to an activating group) is 1. The van der Waals surface area contributed by atoms with E-state index in [-0.39, 0.29) is 11.5 Å². The van der Waals surface area contributed by atoms with Gasteiger partial charge in [-0.05, 0) is 32.5 Å². The molecule has 5 heteroatoms. The molecule has 4 nitrogen and oxygen atoms in total. The molecule has 22 heavy (non-hydrogen) atoms. The Morgan fingerprint density at radius 1 is 1.23 bits per heavy atom. The highest BCUT2D eigenvalue weighted by Gasteiger charge is 2.18. The Morgan fingerprint density at radius 3 is 2.41 bits per heavy atom. The van der Waals surface area contributed by atoms with Crippen LogP contribution < -0.4 is 5.56 Å². The monoisotopic (exact) mass is 321 g/mol. The molecule has 2 aromatic heterocycles. The molecule has 0 fully saturated rings. The largest absolute Gasteiger partial charge is 0.302 e. The molecule has 2 aromatic rings. The molecule has 0 radical (unpaired) electrons. The molecular weight excluding hydrogens is 294 g/mol. The van der Waals surface area contributed by atoms with Crippen LogP contribution in [-0.2, 0) is 6.54 Å². The number of aromatic nitrogens is 2. The number of rotatable bonds is 6. The van der Waals surface area contributed by atoms with Crippen LogP contribution in [0.5, 0.6) is 0 Å². The third-order valence-electron chi connectivity index (χ3n) is 4.37. The van der Waals surface area contributed by atoms with Gasteiger partial charge < -0.3 is 4.90 Å². The summed E-state index contributed by atoms with van der Waals surface area (Å²) in [7, 11) is 0. The van der Waals surface area contributed by atoms with Gasteiger partial charge >= 0.3 is 0 Å². The summed E-state index contributed by atoms with van der Waals surface area (Å²) in [5.74, 6) is 1.16. The fraction of sp³-hybridized carbons (Fsp3) is 0.647. The zero-order chi connectivity index (χ0) is 16.4. The van der Waals surface area contributed by atoms with Crippen molar-refractivity contribution in [2.45, 2.75) is 54.0 Å². The summed E-state index contributed by atoms with van der Waals surface area (Å²) in [6.07, 6.45) is 0. The number of hydrogen-bond donors (Lipinski definition) is 0. The lowest BCUT2D eigenvalue weighted by atomic mass is 10.1. The van der Waals surface area contributed by atoms with E-state index in [1.807, 2.05) is 11.5 Å². The molecule has 0 saturated heterocycles. The molecule has 0 aliphatic carbocycles. The van der Waals surface area contributed by atoms with Crippen LogP contribution in [0.1, 0.15) is 49.9 Å². The second-order valence-electron chi connectivity index (χ2n) is 6.07. The van der Waals surface area contributed by atoms with Crippen LogP contribution in [0.25, 0.3) is 10.2 Å². The van der Waals surface area contributed by atoms with Crippen LogP contribution in [0.3, 0.4) is 0 Å². The third kappa shape index (κ3) is 3.10. The Labute approximate surface area is 136 Å². The second-order valence-corrected chi connectivity index (χ2v) is 7.27. The summed E-state index contributed by atoms with van der Waals surface area (Å²) in [6.45, 7) is 16.2. The number of fused-ring (bicyclic) bond motifs is 1. The molecule has 2 heterocycles. The van der Waals surface area contributed by atoms with Gasteiger partial charge in [-0.1, -0.05) is 27.7 Å². The van der Waals surface area contributed by atoms with E-state index in [1.165, 1.54) is 4.88 Å². The van der Waals surface area contributed by atoms with Crippen molar-refractivity contribution in [2.75, 3.05) is 19.6 Å². The number of aryl methyl sites for hydroxylation is 2. The van der Waals surface area contributed by atoms with Crippen molar-refractivity contribution in [3.05, 3.63) is 26.6 Å². The summed E-state index contributed by atoms with van der Waals surface area (Å²) < 4.78 is 1.89. The Hall–Kier alpha value is -1.20. The summed E-state index contributed by atoms with van der Waals surface area (Å²) >= 11 is 1.63. The maximum atomic E-state index is 13.0. The van der Waals surface area contributed by atoms with Crippen molar-refractivity contribution in [1.29, 1.82) is 0 Å². The van der Waals surface area contributed by atoms with Crippen LogP contribution in [0, 0.1) is 13.8 Å². The van der Waals surface area contributed by atoms with Crippen molar-refractivity contribution in [3.63, 3.8) is 0 Å². The van der Waals surface area contributed by atoms with Gasteiger partial charge in [-0.2, -0.15) is 0 Å². The summed E-state index contributed by atoms with van der Waals surface area (Å²) in [4.78, 5) is 22.2. The van der Waals surface area contributed by atoms with Gasteiger partial charge in [0.2, 0.25) is 0 Å². The summed E-state index contributed by atoms with van der Waals surface area (Å²) in [5, 5.41) is 0.812. The maximum absolute atomic E-state index is 13.0. The van der Waals surface area contributed by atoms with Crippen molar-refractivity contribution in [1.82, 2.24) is 14.5 Å². The topological polar surface area (TPSA) is 38.1 Å². The van der Waals surface area contributed by atoms with E-state index in [9.17, 15) is 4.79 Å². The minimum Gasteiger partial charge on any atom is -0.302 e. The Morgan fingerprint density at radius 2 is 1.86 bits per heavy atom. The van der Waals surface area contributed by atoms with E-state index in [1.54, 1.807) is 11.3 Å². The van der Waals surface area contributed by atoms with Crippen LogP contribution in [-0.4, -0.2) is 34.1 Å². The molecule has 0 bridgehead atoms. The number of hydrogen-bond acceptors (Lipinski definition) is 4. The van der Waals surface area contributed by atoms with Crippen molar-refractivity contribution >= 4 is 21.6 Å². The van der Waals surface area contributed by atoms with Crippen molar-refractivity contribution in [3.8, 4) is 0 Å². The van der Waals surface area contributed by atoms with E-state index in [0.29, 0.717) is 6.54 Å². The van der Waals surface area contributed by atoms with Crippen LogP contribution in [0.4, 0.5) is 0 Å². The second kappa shape index (κ2) is 6.92.